The molecule has 0 bridgehead atoms. The number of esters is 1. The first-order chi connectivity index (χ1) is 9.88. The molecule has 0 spiro atoms. The number of allylic oxidation sites excluding steroid dienone is 1. The first-order valence-electron chi connectivity index (χ1n) is 6.43. The zero-order valence-corrected chi connectivity index (χ0v) is 11.0. The quantitative estimate of drug-likeness (QED) is 0.488. The third-order valence-corrected chi connectivity index (χ3v) is 3.21. The Morgan fingerprint density at radius 1 is 1.05 bits per heavy atom. The predicted molar refractivity (Wildman–Crippen MR) is 68.6 cm³/mol. The molecule has 1 aromatic carbocycles. The van der Waals surface area contributed by atoms with Gasteiger partial charge in [0.05, 0.1) is 0 Å². The van der Waals surface area contributed by atoms with Crippen LogP contribution in [0.25, 0.3) is 0 Å². The summed E-state index contributed by atoms with van der Waals surface area (Å²) in [5.74, 6) is -2.69. The van der Waals surface area contributed by atoms with Gasteiger partial charge in [-0.1, -0.05) is 36.4 Å². The lowest BCUT2D eigenvalue weighted by Gasteiger charge is -2.22. The van der Waals surface area contributed by atoms with Gasteiger partial charge in [-0.25, -0.2) is 4.79 Å². The molecule has 6 heteroatoms. The first-order valence-corrected chi connectivity index (χ1v) is 6.43. The van der Waals surface area contributed by atoms with Crippen LogP contribution in [-0.2, 0) is 9.53 Å². The van der Waals surface area contributed by atoms with Crippen molar-refractivity contribution in [3.63, 3.8) is 0 Å². The average Bonchev–Trinajstić information content (AvgIpc) is 2.47. The van der Waals surface area contributed by atoms with E-state index >= 15 is 0 Å². The molecule has 0 aromatic heterocycles. The van der Waals surface area contributed by atoms with Gasteiger partial charge in [0, 0.05) is 11.5 Å². The van der Waals surface area contributed by atoms with Crippen LogP contribution in [-0.4, -0.2) is 24.0 Å². The van der Waals surface area contributed by atoms with E-state index in [9.17, 15) is 22.8 Å². The normalized spacial score (nSPS) is 21.9. The van der Waals surface area contributed by atoms with E-state index in [0.717, 1.165) is 0 Å². The number of benzene rings is 1. The standard InChI is InChI=1S/C15H13F3O3/c16-15(17,18)14(20)21-12-8-6-11(7-9-12)13(19)10-4-2-1-3-5-10/h1-6,8,11-12H,7,9H2/t11-,12-/m1/s1. The Balaban J connectivity index is 1.96. The fraction of sp³-hybridized carbons (Fsp3) is 0.333. The van der Waals surface area contributed by atoms with Crippen LogP contribution in [0, 0.1) is 5.92 Å². The van der Waals surface area contributed by atoms with E-state index in [1.54, 1.807) is 30.3 Å². The minimum Gasteiger partial charge on any atom is -0.451 e. The minimum atomic E-state index is -5.00. The van der Waals surface area contributed by atoms with E-state index in [0.29, 0.717) is 12.0 Å². The Morgan fingerprint density at radius 3 is 2.24 bits per heavy atom. The number of halogens is 3. The minimum absolute atomic E-state index is 0.0903. The lowest BCUT2D eigenvalue weighted by molar-refractivity contribution is -0.203. The number of Topliss-reactive ketones (excluding diaryl/α,β-unsaturated/α-hetero) is 1. The second-order valence-corrected chi connectivity index (χ2v) is 4.74. The van der Waals surface area contributed by atoms with Gasteiger partial charge in [-0.05, 0) is 18.9 Å². The average molecular weight is 298 g/mol. The van der Waals surface area contributed by atoms with Crippen LogP contribution in [0.5, 0.6) is 0 Å². The lowest BCUT2D eigenvalue weighted by Crippen LogP contribution is -2.31. The number of carbonyl (C=O) groups is 2. The summed E-state index contributed by atoms with van der Waals surface area (Å²) < 4.78 is 40.6. The smallest absolute Gasteiger partial charge is 0.451 e. The van der Waals surface area contributed by atoms with E-state index in [2.05, 4.69) is 4.74 Å². The number of hydrogen-bond donors (Lipinski definition) is 0. The lowest BCUT2D eigenvalue weighted by atomic mass is 9.88. The number of rotatable bonds is 3. The van der Waals surface area contributed by atoms with E-state index in [1.807, 2.05) is 0 Å². The molecule has 0 unspecified atom stereocenters. The van der Waals surface area contributed by atoms with Gasteiger partial charge in [0.15, 0.2) is 5.78 Å². The van der Waals surface area contributed by atoms with Crippen molar-refractivity contribution in [2.45, 2.75) is 25.1 Å². The Labute approximate surface area is 119 Å². The van der Waals surface area contributed by atoms with Crippen molar-refractivity contribution in [1.29, 1.82) is 0 Å². The number of alkyl halides is 3. The number of hydrogen-bond acceptors (Lipinski definition) is 3. The van der Waals surface area contributed by atoms with Crippen molar-refractivity contribution in [3.05, 3.63) is 48.0 Å². The number of carbonyl (C=O) groups excluding carboxylic acids is 2. The Bertz CT molecular complexity index is 549. The van der Waals surface area contributed by atoms with Crippen molar-refractivity contribution >= 4 is 11.8 Å². The molecule has 0 amide bonds. The van der Waals surface area contributed by atoms with Crippen LogP contribution in [0.4, 0.5) is 13.2 Å². The molecule has 1 aliphatic rings. The van der Waals surface area contributed by atoms with E-state index < -0.39 is 24.2 Å². The van der Waals surface area contributed by atoms with Crippen LogP contribution in [0.2, 0.25) is 0 Å². The molecule has 0 saturated carbocycles. The second kappa shape index (κ2) is 6.11. The Hall–Kier alpha value is -2.11. The summed E-state index contributed by atoms with van der Waals surface area (Å²) in [7, 11) is 0. The van der Waals surface area contributed by atoms with E-state index in [4.69, 9.17) is 0 Å². The van der Waals surface area contributed by atoms with Crippen LogP contribution in [0.1, 0.15) is 23.2 Å². The fourth-order valence-electron chi connectivity index (χ4n) is 2.13. The van der Waals surface area contributed by atoms with Gasteiger partial charge in [-0.3, -0.25) is 4.79 Å². The van der Waals surface area contributed by atoms with Crippen molar-refractivity contribution in [3.8, 4) is 0 Å². The summed E-state index contributed by atoms with van der Waals surface area (Å²) in [6.07, 6.45) is -2.53. The molecule has 2 atom stereocenters. The third kappa shape index (κ3) is 3.93. The van der Waals surface area contributed by atoms with Crippen molar-refractivity contribution in [2.24, 2.45) is 5.92 Å². The highest BCUT2D eigenvalue weighted by atomic mass is 19.4. The Morgan fingerprint density at radius 2 is 1.71 bits per heavy atom. The maximum Gasteiger partial charge on any atom is 0.490 e. The van der Waals surface area contributed by atoms with E-state index in [1.165, 1.54) is 12.2 Å². The summed E-state index contributed by atoms with van der Waals surface area (Å²) in [6.45, 7) is 0. The van der Waals surface area contributed by atoms with Gasteiger partial charge in [0.25, 0.3) is 0 Å². The highest BCUT2D eigenvalue weighted by Gasteiger charge is 2.42. The van der Waals surface area contributed by atoms with Crippen LogP contribution < -0.4 is 0 Å². The maximum atomic E-state index is 12.1. The molecule has 3 nitrogen and oxygen atoms in total. The fourth-order valence-corrected chi connectivity index (χ4v) is 2.13. The topological polar surface area (TPSA) is 43.4 Å². The van der Waals surface area contributed by atoms with Crippen molar-refractivity contribution < 1.29 is 27.5 Å². The number of ketones is 1. The molecule has 112 valence electrons. The number of ether oxygens (including phenoxy) is 1. The largest absolute Gasteiger partial charge is 0.490 e. The van der Waals surface area contributed by atoms with Gasteiger partial charge in [-0.15, -0.1) is 0 Å². The molecule has 0 heterocycles. The summed E-state index contributed by atoms with van der Waals surface area (Å²) in [4.78, 5) is 22.9. The van der Waals surface area contributed by atoms with Gasteiger partial charge in [0.2, 0.25) is 0 Å². The SMILES string of the molecule is O=C(c1ccccc1)[C@@H]1C=C[C@@H](OC(=O)C(F)(F)F)CC1. The van der Waals surface area contributed by atoms with Crippen molar-refractivity contribution in [2.75, 3.05) is 0 Å². The summed E-state index contributed by atoms with van der Waals surface area (Å²) in [6, 6.07) is 8.65. The van der Waals surface area contributed by atoms with Crippen LogP contribution >= 0.6 is 0 Å². The molecule has 0 saturated heterocycles. The third-order valence-electron chi connectivity index (χ3n) is 3.21. The van der Waals surface area contributed by atoms with Gasteiger partial charge < -0.3 is 4.74 Å². The highest BCUT2D eigenvalue weighted by molar-refractivity contribution is 5.98. The van der Waals surface area contributed by atoms with Crippen LogP contribution in [0.15, 0.2) is 42.5 Å². The molecular formula is C15H13F3O3. The Kier molecular flexibility index (Phi) is 4.45. The molecule has 21 heavy (non-hydrogen) atoms. The molecule has 0 N–H and O–H groups in total. The molecule has 0 aliphatic heterocycles. The van der Waals surface area contributed by atoms with Gasteiger partial charge in [0.1, 0.15) is 6.10 Å². The zero-order valence-electron chi connectivity index (χ0n) is 11.0. The molecular weight excluding hydrogens is 285 g/mol. The molecule has 0 radical (unpaired) electrons. The summed E-state index contributed by atoms with van der Waals surface area (Å²) in [5, 5.41) is 0. The molecule has 2 rings (SSSR count). The molecule has 1 aromatic rings. The maximum absolute atomic E-state index is 12.1. The molecule has 0 fully saturated rings. The molecule has 1 aliphatic carbocycles. The second-order valence-electron chi connectivity index (χ2n) is 4.74. The summed E-state index contributed by atoms with van der Waals surface area (Å²) >= 11 is 0. The first kappa shape index (κ1) is 15.3. The summed E-state index contributed by atoms with van der Waals surface area (Å²) in [5.41, 5.74) is 0.554. The van der Waals surface area contributed by atoms with E-state index in [-0.39, 0.29) is 12.2 Å². The van der Waals surface area contributed by atoms with Gasteiger partial charge in [-0.2, -0.15) is 13.2 Å². The van der Waals surface area contributed by atoms with Crippen LogP contribution in [0.3, 0.4) is 0 Å². The predicted octanol–water partition coefficient (Wildman–Crippen LogP) is 3.31. The van der Waals surface area contributed by atoms with Gasteiger partial charge >= 0.3 is 12.1 Å². The highest BCUT2D eigenvalue weighted by Crippen LogP contribution is 2.25. The van der Waals surface area contributed by atoms with Crippen molar-refractivity contribution in [1.82, 2.24) is 0 Å². The monoisotopic (exact) mass is 298 g/mol. The zero-order chi connectivity index (χ0) is 15.5.